The summed E-state index contributed by atoms with van der Waals surface area (Å²) in [6.45, 7) is 1.64. The lowest BCUT2D eigenvalue weighted by atomic mass is 10.1. The molecule has 1 N–H and O–H groups in total. The van der Waals surface area contributed by atoms with Gasteiger partial charge in [-0.3, -0.25) is 24.1 Å². The highest BCUT2D eigenvalue weighted by Crippen LogP contribution is 2.22. The molecule has 3 amide bonds. The predicted molar refractivity (Wildman–Crippen MR) is 102 cm³/mol. The lowest BCUT2D eigenvalue weighted by Crippen LogP contribution is -2.31. The van der Waals surface area contributed by atoms with Crippen LogP contribution in [-0.4, -0.2) is 41.7 Å². The summed E-state index contributed by atoms with van der Waals surface area (Å²) in [5, 5.41) is 2.65. The van der Waals surface area contributed by atoms with Gasteiger partial charge in [-0.15, -0.1) is 0 Å². The van der Waals surface area contributed by atoms with Crippen molar-refractivity contribution < 1.29 is 23.9 Å². The zero-order valence-electron chi connectivity index (χ0n) is 15.4. The zero-order chi connectivity index (χ0) is 20.1. The van der Waals surface area contributed by atoms with E-state index in [1.165, 1.54) is 0 Å². The molecular weight excluding hydrogens is 360 g/mol. The summed E-state index contributed by atoms with van der Waals surface area (Å²) in [7, 11) is 0. The van der Waals surface area contributed by atoms with Crippen LogP contribution in [0.2, 0.25) is 0 Å². The molecule has 2 aromatic rings. The van der Waals surface area contributed by atoms with Gasteiger partial charge in [-0.2, -0.15) is 0 Å². The molecule has 144 valence electrons. The van der Waals surface area contributed by atoms with Gasteiger partial charge >= 0.3 is 5.97 Å². The van der Waals surface area contributed by atoms with Gasteiger partial charge in [-0.1, -0.05) is 24.3 Å². The van der Waals surface area contributed by atoms with Crippen molar-refractivity contribution in [1.82, 2.24) is 4.90 Å². The smallest absolute Gasteiger partial charge is 0.306 e. The summed E-state index contributed by atoms with van der Waals surface area (Å²) < 4.78 is 4.95. The highest BCUT2D eigenvalue weighted by Gasteiger charge is 2.34. The van der Waals surface area contributed by atoms with Crippen LogP contribution in [-0.2, 0) is 14.3 Å². The number of esters is 1. The number of aryl methyl sites for hydroxylation is 1. The van der Waals surface area contributed by atoms with Crippen molar-refractivity contribution in [2.24, 2.45) is 0 Å². The van der Waals surface area contributed by atoms with Crippen LogP contribution in [0.15, 0.2) is 48.5 Å². The fourth-order valence-electron chi connectivity index (χ4n) is 2.96. The molecule has 7 nitrogen and oxygen atoms in total. The van der Waals surface area contributed by atoms with Crippen molar-refractivity contribution in [3.63, 3.8) is 0 Å². The van der Waals surface area contributed by atoms with Crippen LogP contribution < -0.4 is 5.32 Å². The number of anilines is 1. The van der Waals surface area contributed by atoms with Gasteiger partial charge in [0.15, 0.2) is 6.61 Å². The van der Waals surface area contributed by atoms with Crippen molar-refractivity contribution in [1.29, 1.82) is 0 Å². The summed E-state index contributed by atoms with van der Waals surface area (Å²) in [5.74, 6) is -1.70. The number of imide groups is 1. The SMILES string of the molecule is Cc1cccc(NC(=O)COC(=O)CCCN2C(=O)c3ccccc3C2=O)c1. The third-order valence-corrected chi connectivity index (χ3v) is 4.31. The Morgan fingerprint density at radius 3 is 2.32 bits per heavy atom. The van der Waals surface area contributed by atoms with E-state index in [1.807, 2.05) is 25.1 Å². The predicted octanol–water partition coefficient (Wildman–Crippen LogP) is 2.55. The minimum atomic E-state index is -0.559. The second-order valence-corrected chi connectivity index (χ2v) is 6.49. The monoisotopic (exact) mass is 380 g/mol. The van der Waals surface area contributed by atoms with Gasteiger partial charge in [-0.25, -0.2) is 0 Å². The van der Waals surface area contributed by atoms with Crippen molar-refractivity contribution >= 4 is 29.4 Å². The Morgan fingerprint density at radius 1 is 1.00 bits per heavy atom. The van der Waals surface area contributed by atoms with E-state index >= 15 is 0 Å². The van der Waals surface area contributed by atoms with Gasteiger partial charge in [0.25, 0.3) is 17.7 Å². The van der Waals surface area contributed by atoms with E-state index in [-0.39, 0.29) is 37.8 Å². The molecule has 1 heterocycles. The van der Waals surface area contributed by atoms with Gasteiger partial charge in [0.05, 0.1) is 11.1 Å². The lowest BCUT2D eigenvalue weighted by Gasteiger charge is -2.13. The summed E-state index contributed by atoms with van der Waals surface area (Å²) in [6, 6.07) is 13.9. The molecule has 0 fully saturated rings. The number of amides is 3. The van der Waals surface area contributed by atoms with Gasteiger partial charge in [0.1, 0.15) is 0 Å². The van der Waals surface area contributed by atoms with E-state index in [9.17, 15) is 19.2 Å². The van der Waals surface area contributed by atoms with Gasteiger partial charge < -0.3 is 10.1 Å². The molecule has 2 aromatic carbocycles. The maximum absolute atomic E-state index is 12.2. The number of carbonyl (C=O) groups is 4. The summed E-state index contributed by atoms with van der Waals surface area (Å²) >= 11 is 0. The number of fused-ring (bicyclic) bond motifs is 1. The molecule has 0 aromatic heterocycles. The number of nitrogens with one attached hydrogen (secondary N) is 1. The molecule has 1 aliphatic rings. The number of carbonyl (C=O) groups excluding carboxylic acids is 4. The zero-order valence-corrected chi connectivity index (χ0v) is 15.4. The Hall–Kier alpha value is -3.48. The van der Waals surface area contributed by atoms with E-state index in [2.05, 4.69) is 5.32 Å². The molecule has 0 atom stereocenters. The Morgan fingerprint density at radius 2 is 1.68 bits per heavy atom. The second kappa shape index (κ2) is 8.47. The van der Waals surface area contributed by atoms with E-state index in [1.54, 1.807) is 30.3 Å². The van der Waals surface area contributed by atoms with Crippen molar-refractivity contribution in [2.45, 2.75) is 19.8 Å². The second-order valence-electron chi connectivity index (χ2n) is 6.49. The third kappa shape index (κ3) is 4.43. The topological polar surface area (TPSA) is 92.8 Å². The van der Waals surface area contributed by atoms with Crippen LogP contribution in [0.25, 0.3) is 0 Å². The summed E-state index contributed by atoms with van der Waals surface area (Å²) in [5.41, 5.74) is 2.39. The summed E-state index contributed by atoms with van der Waals surface area (Å²) in [4.78, 5) is 49.2. The first-order valence-electron chi connectivity index (χ1n) is 8.93. The van der Waals surface area contributed by atoms with Crippen LogP contribution in [0.3, 0.4) is 0 Å². The van der Waals surface area contributed by atoms with Crippen LogP contribution in [0.5, 0.6) is 0 Å². The average molecular weight is 380 g/mol. The molecule has 28 heavy (non-hydrogen) atoms. The number of hydrogen-bond donors (Lipinski definition) is 1. The van der Waals surface area contributed by atoms with Crippen molar-refractivity contribution in [3.8, 4) is 0 Å². The first-order chi connectivity index (χ1) is 13.5. The molecule has 0 bridgehead atoms. The third-order valence-electron chi connectivity index (χ3n) is 4.31. The van der Waals surface area contributed by atoms with Crippen LogP contribution >= 0.6 is 0 Å². The van der Waals surface area contributed by atoms with E-state index in [0.717, 1.165) is 10.5 Å². The van der Waals surface area contributed by atoms with Gasteiger partial charge in [0, 0.05) is 18.7 Å². The van der Waals surface area contributed by atoms with Gasteiger partial charge in [0.2, 0.25) is 0 Å². The van der Waals surface area contributed by atoms with E-state index in [4.69, 9.17) is 4.74 Å². The Balaban J connectivity index is 1.40. The molecule has 0 unspecified atom stereocenters. The lowest BCUT2D eigenvalue weighted by molar-refractivity contribution is -0.147. The maximum Gasteiger partial charge on any atom is 0.306 e. The van der Waals surface area contributed by atoms with Crippen molar-refractivity contribution in [3.05, 3.63) is 65.2 Å². The molecule has 0 spiro atoms. The molecular formula is C21H20N2O5. The Kier molecular flexibility index (Phi) is 5.84. The van der Waals surface area contributed by atoms with Crippen LogP contribution in [0, 0.1) is 6.92 Å². The molecule has 1 aliphatic heterocycles. The fraction of sp³-hybridized carbons (Fsp3) is 0.238. The molecule has 0 radical (unpaired) electrons. The first-order valence-corrected chi connectivity index (χ1v) is 8.93. The average Bonchev–Trinajstić information content (AvgIpc) is 2.91. The Labute approximate surface area is 162 Å². The quantitative estimate of drug-likeness (QED) is 0.589. The normalized spacial score (nSPS) is 12.7. The van der Waals surface area contributed by atoms with Crippen LogP contribution in [0.4, 0.5) is 5.69 Å². The van der Waals surface area contributed by atoms with Crippen LogP contribution in [0.1, 0.15) is 39.1 Å². The van der Waals surface area contributed by atoms with Gasteiger partial charge in [-0.05, 0) is 43.2 Å². The number of ether oxygens (including phenoxy) is 1. The van der Waals surface area contributed by atoms with Crippen molar-refractivity contribution in [2.75, 3.05) is 18.5 Å². The molecule has 7 heteroatoms. The largest absolute Gasteiger partial charge is 0.456 e. The molecule has 0 saturated heterocycles. The minimum absolute atomic E-state index is 0.00509. The molecule has 0 aliphatic carbocycles. The number of nitrogens with zero attached hydrogens (tertiary/aromatic N) is 1. The number of hydrogen-bond acceptors (Lipinski definition) is 5. The molecule has 3 rings (SSSR count). The van der Waals surface area contributed by atoms with E-state index in [0.29, 0.717) is 16.8 Å². The highest BCUT2D eigenvalue weighted by molar-refractivity contribution is 6.21. The fourth-order valence-corrected chi connectivity index (χ4v) is 2.96. The maximum atomic E-state index is 12.2. The summed E-state index contributed by atoms with van der Waals surface area (Å²) in [6.07, 6.45) is 0.273. The Bertz CT molecular complexity index is 903. The first kappa shape index (κ1) is 19.3. The standard InChI is InChI=1S/C21H20N2O5/c1-14-6-4-7-15(12-14)22-18(24)13-28-19(25)10-5-11-23-20(26)16-8-2-3-9-17(16)21(23)27/h2-4,6-9,12H,5,10-11,13H2,1H3,(H,22,24). The molecule has 0 saturated carbocycles. The number of benzene rings is 2. The minimum Gasteiger partial charge on any atom is -0.456 e. The highest BCUT2D eigenvalue weighted by atomic mass is 16.5. The number of rotatable bonds is 7. The van der Waals surface area contributed by atoms with E-state index < -0.39 is 11.9 Å².